The van der Waals surface area contributed by atoms with Crippen molar-refractivity contribution in [2.24, 2.45) is 0 Å². The second-order valence-corrected chi connectivity index (χ2v) is 4.99. The number of hydrogen-bond acceptors (Lipinski definition) is 4. The molecule has 1 fully saturated rings. The predicted octanol–water partition coefficient (Wildman–Crippen LogP) is 0.996. The van der Waals surface area contributed by atoms with E-state index >= 15 is 0 Å². The van der Waals surface area contributed by atoms with Gasteiger partial charge in [-0.3, -0.25) is 4.90 Å². The Morgan fingerprint density at radius 3 is 2.95 bits per heavy atom. The number of aliphatic hydroxyl groups excluding tert-OH is 2. The number of hydrogen-bond donors (Lipinski definition) is 2. The number of rotatable bonds is 4. The molecule has 0 spiro atoms. The highest BCUT2D eigenvalue weighted by atomic mass is 16.5. The van der Waals surface area contributed by atoms with Crippen molar-refractivity contribution < 1.29 is 14.9 Å². The summed E-state index contributed by atoms with van der Waals surface area (Å²) in [4.78, 5) is 2.23. The maximum atomic E-state index is 9.55. The minimum atomic E-state index is -0.197. The maximum absolute atomic E-state index is 9.55. The largest absolute Gasteiger partial charge is 0.495 e. The fourth-order valence-corrected chi connectivity index (χ4v) is 2.38. The van der Waals surface area contributed by atoms with Crippen LogP contribution in [0.25, 0.3) is 0 Å². The first-order chi connectivity index (χ1) is 9.72. The van der Waals surface area contributed by atoms with Crippen LogP contribution in [0.1, 0.15) is 24.0 Å². The second-order valence-electron chi connectivity index (χ2n) is 4.99. The van der Waals surface area contributed by atoms with E-state index < -0.39 is 0 Å². The van der Waals surface area contributed by atoms with Crippen LogP contribution in [-0.2, 0) is 6.54 Å². The van der Waals surface area contributed by atoms with E-state index in [1.165, 1.54) is 0 Å². The molecule has 1 aliphatic rings. The van der Waals surface area contributed by atoms with Crippen molar-refractivity contribution in [3.05, 3.63) is 29.3 Å². The number of methoxy groups -OCH3 is 1. The highest BCUT2D eigenvalue weighted by Gasteiger charge is 2.20. The summed E-state index contributed by atoms with van der Waals surface area (Å²) in [7, 11) is 1.63. The molecule has 1 heterocycles. The van der Waals surface area contributed by atoms with Crippen molar-refractivity contribution in [2.75, 3.05) is 26.8 Å². The van der Waals surface area contributed by atoms with Gasteiger partial charge >= 0.3 is 0 Å². The molecule has 2 rings (SSSR count). The summed E-state index contributed by atoms with van der Waals surface area (Å²) in [6.45, 7) is 2.55. The van der Waals surface area contributed by atoms with Gasteiger partial charge in [-0.15, -0.1) is 0 Å². The molecule has 0 saturated carbocycles. The number of aliphatic hydroxyl groups is 2. The number of ether oxygens (including phenoxy) is 1. The molecule has 4 heteroatoms. The molecule has 1 atom stereocenters. The molecular weight excluding hydrogens is 254 g/mol. The molecule has 2 N–H and O–H groups in total. The summed E-state index contributed by atoms with van der Waals surface area (Å²) in [5.41, 5.74) is 2.01. The third-order valence-electron chi connectivity index (χ3n) is 3.38. The first-order valence-corrected chi connectivity index (χ1v) is 6.90. The highest BCUT2D eigenvalue weighted by molar-refractivity contribution is 5.48. The molecule has 0 bridgehead atoms. The number of likely N-dealkylation sites (tertiary alicyclic amines) is 1. The minimum absolute atomic E-state index is 0.0701. The van der Waals surface area contributed by atoms with Crippen molar-refractivity contribution in [3.8, 4) is 17.6 Å². The Kier molecular flexibility index (Phi) is 5.42. The van der Waals surface area contributed by atoms with Crippen LogP contribution in [0, 0.1) is 11.8 Å². The normalized spacial score (nSPS) is 18.6. The van der Waals surface area contributed by atoms with E-state index in [0.717, 1.165) is 42.9 Å². The molecule has 1 saturated heterocycles. The van der Waals surface area contributed by atoms with E-state index in [2.05, 4.69) is 16.7 Å². The summed E-state index contributed by atoms with van der Waals surface area (Å²) in [6.07, 6.45) is 1.11. The quantitative estimate of drug-likeness (QED) is 0.805. The molecule has 0 aliphatic carbocycles. The van der Waals surface area contributed by atoms with Gasteiger partial charge in [-0.1, -0.05) is 17.9 Å². The van der Waals surface area contributed by atoms with Gasteiger partial charge in [0.1, 0.15) is 5.75 Å². The third-order valence-corrected chi connectivity index (χ3v) is 3.38. The summed E-state index contributed by atoms with van der Waals surface area (Å²) < 4.78 is 5.30. The lowest BCUT2D eigenvalue weighted by Gasteiger charge is -2.15. The fraction of sp³-hybridized carbons (Fsp3) is 0.500. The molecule has 1 aliphatic heterocycles. The van der Waals surface area contributed by atoms with Crippen molar-refractivity contribution >= 4 is 0 Å². The summed E-state index contributed by atoms with van der Waals surface area (Å²) >= 11 is 0. The SMILES string of the molecule is COc1ccc(CN2CCC(O)C2)cc1C#CCCO. The van der Waals surface area contributed by atoms with E-state index in [1.807, 2.05) is 18.2 Å². The zero-order valence-electron chi connectivity index (χ0n) is 11.8. The summed E-state index contributed by atoms with van der Waals surface area (Å²) in [6, 6.07) is 5.97. The maximum Gasteiger partial charge on any atom is 0.134 e. The Bertz CT molecular complexity index is 504. The Morgan fingerprint density at radius 2 is 2.30 bits per heavy atom. The molecule has 20 heavy (non-hydrogen) atoms. The second kappa shape index (κ2) is 7.30. The van der Waals surface area contributed by atoms with Crippen LogP contribution in [0.5, 0.6) is 5.75 Å². The van der Waals surface area contributed by atoms with Gasteiger partial charge in [-0.2, -0.15) is 0 Å². The molecule has 4 nitrogen and oxygen atoms in total. The van der Waals surface area contributed by atoms with Crippen LogP contribution in [-0.4, -0.2) is 48.0 Å². The average molecular weight is 275 g/mol. The monoisotopic (exact) mass is 275 g/mol. The minimum Gasteiger partial charge on any atom is -0.495 e. The van der Waals surface area contributed by atoms with E-state index in [-0.39, 0.29) is 12.7 Å². The van der Waals surface area contributed by atoms with Gasteiger partial charge in [0.2, 0.25) is 0 Å². The van der Waals surface area contributed by atoms with Gasteiger partial charge < -0.3 is 14.9 Å². The first-order valence-electron chi connectivity index (χ1n) is 6.90. The number of benzene rings is 1. The van der Waals surface area contributed by atoms with Crippen LogP contribution in [0.3, 0.4) is 0 Å². The summed E-state index contributed by atoms with van der Waals surface area (Å²) in [5.74, 6) is 6.71. The van der Waals surface area contributed by atoms with Gasteiger partial charge in [0.05, 0.1) is 25.4 Å². The number of β-amino-alcohol motifs (C(OH)–C–C–N with tert-alkyl or cyclic N) is 1. The standard InChI is InChI=1S/C16H21NO3/c1-20-16-6-5-13(10-14(16)4-2-3-9-18)11-17-8-7-15(19)12-17/h5-6,10,15,18-19H,3,7-9,11-12H2,1H3. The van der Waals surface area contributed by atoms with Crippen molar-refractivity contribution in [1.29, 1.82) is 0 Å². The first kappa shape index (κ1) is 14.9. The van der Waals surface area contributed by atoms with Crippen LogP contribution < -0.4 is 4.74 Å². The Balaban J connectivity index is 2.10. The zero-order valence-corrected chi connectivity index (χ0v) is 11.8. The lowest BCUT2D eigenvalue weighted by Crippen LogP contribution is -2.21. The van der Waals surface area contributed by atoms with Crippen molar-refractivity contribution in [2.45, 2.75) is 25.5 Å². The number of nitrogens with zero attached hydrogens (tertiary/aromatic N) is 1. The Labute approximate surface area is 120 Å². The van der Waals surface area contributed by atoms with E-state index in [9.17, 15) is 5.11 Å². The van der Waals surface area contributed by atoms with Gasteiger partial charge in [0.15, 0.2) is 0 Å². The lowest BCUT2D eigenvalue weighted by molar-refractivity contribution is 0.175. The molecule has 1 aromatic carbocycles. The molecule has 0 amide bonds. The van der Waals surface area contributed by atoms with Gasteiger partial charge in [0, 0.05) is 26.1 Å². The Hall–Kier alpha value is -1.54. The van der Waals surface area contributed by atoms with Gasteiger partial charge in [-0.05, 0) is 24.1 Å². The molecule has 1 unspecified atom stereocenters. The fourth-order valence-electron chi connectivity index (χ4n) is 2.38. The average Bonchev–Trinajstić information content (AvgIpc) is 2.85. The van der Waals surface area contributed by atoms with Crippen molar-refractivity contribution in [3.63, 3.8) is 0 Å². The molecule has 0 aromatic heterocycles. The third kappa shape index (κ3) is 3.97. The topological polar surface area (TPSA) is 52.9 Å². The Morgan fingerprint density at radius 1 is 1.45 bits per heavy atom. The van der Waals surface area contributed by atoms with E-state index in [1.54, 1.807) is 7.11 Å². The summed E-state index contributed by atoms with van der Waals surface area (Å²) in [5, 5.41) is 18.3. The molecular formula is C16H21NO3. The van der Waals surface area contributed by atoms with Crippen LogP contribution >= 0.6 is 0 Å². The van der Waals surface area contributed by atoms with E-state index in [4.69, 9.17) is 9.84 Å². The predicted molar refractivity (Wildman–Crippen MR) is 77.5 cm³/mol. The lowest BCUT2D eigenvalue weighted by atomic mass is 10.1. The van der Waals surface area contributed by atoms with Crippen LogP contribution in [0.15, 0.2) is 18.2 Å². The van der Waals surface area contributed by atoms with Gasteiger partial charge in [-0.25, -0.2) is 0 Å². The molecule has 108 valence electrons. The van der Waals surface area contributed by atoms with Gasteiger partial charge in [0.25, 0.3) is 0 Å². The van der Waals surface area contributed by atoms with Crippen LogP contribution in [0.2, 0.25) is 0 Å². The van der Waals surface area contributed by atoms with E-state index in [0.29, 0.717) is 6.42 Å². The van der Waals surface area contributed by atoms with Crippen molar-refractivity contribution in [1.82, 2.24) is 4.90 Å². The molecule has 1 aromatic rings. The smallest absolute Gasteiger partial charge is 0.134 e. The zero-order chi connectivity index (χ0) is 14.4. The molecule has 0 radical (unpaired) electrons. The highest BCUT2D eigenvalue weighted by Crippen LogP contribution is 2.21. The van der Waals surface area contributed by atoms with Crippen LogP contribution in [0.4, 0.5) is 0 Å².